The lowest BCUT2D eigenvalue weighted by Crippen LogP contribution is -2.56. The highest BCUT2D eigenvalue weighted by Crippen LogP contribution is 2.54. The van der Waals surface area contributed by atoms with Crippen molar-refractivity contribution in [2.75, 3.05) is 19.6 Å². The van der Waals surface area contributed by atoms with Gasteiger partial charge in [-0.3, -0.25) is 0 Å². The van der Waals surface area contributed by atoms with Crippen LogP contribution in [0.15, 0.2) is 71.6 Å². The zero-order chi connectivity index (χ0) is 31.1. The highest BCUT2D eigenvalue weighted by Gasteiger charge is 2.73. The SMILES string of the molecule is CCN1CCC(c2ccc(C(OCc3c(F)cccc3F)(C(F)(F)F)C(F)(F)F)cc2)(S(=O)(=O)c2ccc(F)cc2)C1. The summed E-state index contributed by atoms with van der Waals surface area (Å²) in [5.41, 5.74) is -7.71. The molecule has 1 heterocycles. The number of sulfone groups is 1. The molecular formula is C28H24F9NO3S. The molecule has 4 nitrogen and oxygen atoms in total. The van der Waals surface area contributed by atoms with Crippen molar-refractivity contribution in [2.24, 2.45) is 0 Å². The second kappa shape index (κ2) is 11.2. The molecule has 14 heteroatoms. The van der Waals surface area contributed by atoms with Crippen LogP contribution in [-0.2, 0) is 31.5 Å². The number of nitrogens with zero attached hydrogens (tertiary/aromatic N) is 1. The first-order valence-electron chi connectivity index (χ1n) is 12.5. The van der Waals surface area contributed by atoms with E-state index < -0.39 is 67.7 Å². The van der Waals surface area contributed by atoms with Crippen LogP contribution in [0, 0.1) is 17.5 Å². The Kier molecular flexibility index (Phi) is 8.48. The van der Waals surface area contributed by atoms with Crippen molar-refractivity contribution < 1.29 is 52.7 Å². The van der Waals surface area contributed by atoms with Crippen LogP contribution in [0.25, 0.3) is 0 Å². The fourth-order valence-corrected chi connectivity index (χ4v) is 7.28. The van der Waals surface area contributed by atoms with E-state index >= 15 is 0 Å². The fourth-order valence-electron chi connectivity index (χ4n) is 5.17. The third kappa shape index (κ3) is 5.28. The first kappa shape index (κ1) is 31.8. The topological polar surface area (TPSA) is 46.6 Å². The molecule has 0 saturated carbocycles. The van der Waals surface area contributed by atoms with Gasteiger partial charge in [-0.25, -0.2) is 21.6 Å². The quantitative estimate of drug-likeness (QED) is 0.199. The van der Waals surface area contributed by atoms with Gasteiger partial charge in [0.15, 0.2) is 9.84 Å². The molecule has 1 aliphatic rings. The summed E-state index contributed by atoms with van der Waals surface area (Å²) in [7, 11) is -4.34. The summed E-state index contributed by atoms with van der Waals surface area (Å²) in [6.07, 6.45) is -12.4. The van der Waals surface area contributed by atoms with E-state index in [-0.39, 0.29) is 30.0 Å². The van der Waals surface area contributed by atoms with Crippen molar-refractivity contribution in [3.63, 3.8) is 0 Å². The fraction of sp³-hybridized carbons (Fsp3) is 0.357. The van der Waals surface area contributed by atoms with Crippen LogP contribution in [0.3, 0.4) is 0 Å². The lowest BCUT2D eigenvalue weighted by atomic mass is 9.88. The van der Waals surface area contributed by atoms with Crippen molar-refractivity contribution in [3.8, 4) is 0 Å². The van der Waals surface area contributed by atoms with Gasteiger partial charge in [0, 0.05) is 24.2 Å². The highest BCUT2D eigenvalue weighted by atomic mass is 32.2. The number of hydrogen-bond acceptors (Lipinski definition) is 4. The van der Waals surface area contributed by atoms with E-state index in [1.807, 2.05) is 0 Å². The van der Waals surface area contributed by atoms with Gasteiger partial charge in [0.2, 0.25) is 0 Å². The van der Waals surface area contributed by atoms with Crippen molar-refractivity contribution in [1.82, 2.24) is 4.90 Å². The molecule has 3 aromatic rings. The van der Waals surface area contributed by atoms with Gasteiger partial charge in [-0.05, 0) is 54.9 Å². The summed E-state index contributed by atoms with van der Waals surface area (Å²) in [5.74, 6) is -3.52. The maximum atomic E-state index is 14.3. The monoisotopic (exact) mass is 625 g/mol. The molecule has 0 amide bonds. The summed E-state index contributed by atoms with van der Waals surface area (Å²) in [6, 6.07) is 8.68. The molecule has 1 fully saturated rings. The number of likely N-dealkylation sites (tertiary alicyclic amines) is 1. The van der Waals surface area contributed by atoms with Gasteiger partial charge in [0.25, 0.3) is 5.60 Å². The molecule has 1 atom stereocenters. The Labute approximate surface area is 235 Å². The van der Waals surface area contributed by atoms with E-state index in [2.05, 4.69) is 4.74 Å². The Bertz CT molecular complexity index is 1490. The predicted octanol–water partition coefficient (Wildman–Crippen LogP) is 7.04. The molecule has 228 valence electrons. The Balaban J connectivity index is 1.84. The molecule has 1 aliphatic heterocycles. The first-order valence-corrected chi connectivity index (χ1v) is 14.0. The Morgan fingerprint density at radius 2 is 1.38 bits per heavy atom. The average Bonchev–Trinajstić information content (AvgIpc) is 3.36. The lowest BCUT2D eigenvalue weighted by molar-refractivity contribution is -0.392. The molecule has 0 aromatic heterocycles. The van der Waals surface area contributed by atoms with Gasteiger partial charge in [-0.2, -0.15) is 26.3 Å². The van der Waals surface area contributed by atoms with Gasteiger partial charge in [0.05, 0.1) is 11.5 Å². The summed E-state index contributed by atoms with van der Waals surface area (Å²) in [4.78, 5) is 1.47. The number of benzene rings is 3. The van der Waals surface area contributed by atoms with E-state index in [9.17, 15) is 47.9 Å². The smallest absolute Gasteiger partial charge is 0.349 e. The summed E-state index contributed by atoms with van der Waals surface area (Å²) >= 11 is 0. The van der Waals surface area contributed by atoms with E-state index in [0.29, 0.717) is 30.8 Å². The van der Waals surface area contributed by atoms with Gasteiger partial charge < -0.3 is 9.64 Å². The number of rotatable bonds is 8. The number of ether oxygens (including phenoxy) is 1. The Morgan fingerprint density at radius 3 is 1.86 bits per heavy atom. The van der Waals surface area contributed by atoms with Crippen LogP contribution in [-0.4, -0.2) is 45.3 Å². The number of alkyl halides is 6. The number of hydrogen-bond donors (Lipinski definition) is 0. The van der Waals surface area contributed by atoms with E-state index in [0.717, 1.165) is 42.5 Å². The van der Waals surface area contributed by atoms with Crippen LogP contribution >= 0.6 is 0 Å². The van der Waals surface area contributed by atoms with Crippen molar-refractivity contribution in [2.45, 2.75) is 47.5 Å². The van der Waals surface area contributed by atoms with Crippen LogP contribution in [0.1, 0.15) is 30.0 Å². The van der Waals surface area contributed by atoms with Gasteiger partial charge >= 0.3 is 12.4 Å². The summed E-state index contributed by atoms with van der Waals surface area (Å²) in [6.45, 7) is 0.568. The van der Waals surface area contributed by atoms with Crippen molar-refractivity contribution >= 4 is 9.84 Å². The minimum atomic E-state index is -6.15. The van der Waals surface area contributed by atoms with Crippen molar-refractivity contribution in [3.05, 3.63) is 101 Å². The number of likely N-dealkylation sites (N-methyl/N-ethyl adjacent to an activating group) is 1. The number of halogens is 9. The molecule has 0 N–H and O–H groups in total. The second-order valence-corrected chi connectivity index (χ2v) is 12.1. The van der Waals surface area contributed by atoms with Gasteiger partial charge in [-0.15, -0.1) is 0 Å². The Hall–Kier alpha value is -3.10. The van der Waals surface area contributed by atoms with Gasteiger partial charge in [0.1, 0.15) is 22.2 Å². The zero-order valence-corrected chi connectivity index (χ0v) is 22.7. The molecular weight excluding hydrogens is 601 g/mol. The zero-order valence-electron chi connectivity index (χ0n) is 21.9. The van der Waals surface area contributed by atoms with E-state index in [1.165, 1.54) is 0 Å². The largest absolute Gasteiger partial charge is 0.430 e. The average molecular weight is 626 g/mol. The molecule has 42 heavy (non-hydrogen) atoms. The second-order valence-electron chi connectivity index (χ2n) is 9.81. The van der Waals surface area contributed by atoms with Crippen molar-refractivity contribution in [1.29, 1.82) is 0 Å². The van der Waals surface area contributed by atoms with Crippen LogP contribution in [0.5, 0.6) is 0 Å². The minimum absolute atomic E-state index is 0.0490. The standard InChI is InChI=1S/C28H24F9NO3S/c1-2-38-15-14-25(17-38,42(39,40)21-12-10-20(29)11-13-21)18-6-8-19(9-7-18)26(27(32,33)34,28(35,36)37)41-16-22-23(30)4-3-5-24(22)31/h3-13H,2,14-17H2,1H3. The third-order valence-electron chi connectivity index (χ3n) is 7.51. The van der Waals surface area contributed by atoms with Gasteiger partial charge in [-0.1, -0.05) is 37.3 Å². The Morgan fingerprint density at radius 1 is 0.833 bits per heavy atom. The first-order chi connectivity index (χ1) is 19.5. The maximum absolute atomic E-state index is 14.3. The molecule has 0 bridgehead atoms. The lowest BCUT2D eigenvalue weighted by Gasteiger charge is -2.38. The molecule has 0 aliphatic carbocycles. The molecule has 0 spiro atoms. The predicted molar refractivity (Wildman–Crippen MR) is 133 cm³/mol. The molecule has 1 saturated heterocycles. The molecule has 0 radical (unpaired) electrons. The maximum Gasteiger partial charge on any atom is 0.430 e. The minimum Gasteiger partial charge on any atom is -0.349 e. The van der Waals surface area contributed by atoms with E-state index in [1.54, 1.807) is 11.8 Å². The molecule has 1 unspecified atom stereocenters. The third-order valence-corrected chi connectivity index (χ3v) is 10.00. The van der Waals surface area contributed by atoms with E-state index in [4.69, 9.17) is 0 Å². The normalized spacial score (nSPS) is 18.9. The summed E-state index contributed by atoms with van der Waals surface area (Å²) < 4.78 is 158. The highest BCUT2D eigenvalue weighted by molar-refractivity contribution is 7.92. The molecule has 3 aromatic carbocycles. The van der Waals surface area contributed by atoms with Crippen LogP contribution in [0.2, 0.25) is 0 Å². The van der Waals surface area contributed by atoms with Crippen LogP contribution < -0.4 is 0 Å². The van der Waals surface area contributed by atoms with Crippen LogP contribution in [0.4, 0.5) is 39.5 Å². The summed E-state index contributed by atoms with van der Waals surface area (Å²) in [5, 5.41) is 0. The molecule has 4 rings (SSSR count).